The molecule has 0 saturated heterocycles. The van der Waals surface area contributed by atoms with E-state index in [1.165, 1.54) is 11.3 Å². The second-order valence-corrected chi connectivity index (χ2v) is 7.75. The second kappa shape index (κ2) is 9.93. The molecule has 0 spiro atoms. The van der Waals surface area contributed by atoms with Crippen LogP contribution in [0.2, 0.25) is 0 Å². The van der Waals surface area contributed by atoms with Crippen LogP contribution in [0.4, 0.5) is 16.5 Å². The minimum Gasteiger partial charge on any atom is -0.493 e. The molecular formula is C24H22N4O3S. The van der Waals surface area contributed by atoms with E-state index in [0.717, 1.165) is 33.3 Å². The normalized spacial score (nSPS) is 10.4. The summed E-state index contributed by atoms with van der Waals surface area (Å²) >= 11 is 1.53. The molecule has 162 valence electrons. The molecule has 7 nitrogen and oxygen atoms in total. The molecule has 0 radical (unpaired) electrons. The topological polar surface area (TPSA) is 85.4 Å². The molecule has 0 atom stereocenters. The Hall–Kier alpha value is -3.91. The molecule has 0 aliphatic rings. The maximum atomic E-state index is 12.4. The molecule has 4 aromatic rings. The third-order valence-corrected chi connectivity index (χ3v) is 5.47. The third kappa shape index (κ3) is 5.22. The van der Waals surface area contributed by atoms with E-state index >= 15 is 0 Å². The zero-order valence-electron chi connectivity index (χ0n) is 17.7. The van der Waals surface area contributed by atoms with Crippen molar-refractivity contribution in [2.75, 3.05) is 24.9 Å². The predicted octanol–water partition coefficient (Wildman–Crippen LogP) is 5.15. The van der Waals surface area contributed by atoms with Crippen LogP contribution in [0, 0.1) is 0 Å². The van der Waals surface area contributed by atoms with Crippen LogP contribution in [0.1, 0.15) is 5.56 Å². The van der Waals surface area contributed by atoms with Gasteiger partial charge in [-0.2, -0.15) is 0 Å². The van der Waals surface area contributed by atoms with E-state index in [2.05, 4.69) is 20.6 Å². The second-order valence-electron chi connectivity index (χ2n) is 6.89. The average Bonchev–Trinajstić information content (AvgIpc) is 3.29. The van der Waals surface area contributed by atoms with Crippen molar-refractivity contribution in [3.05, 3.63) is 77.9 Å². The number of carbonyl (C=O) groups excluding carboxylic acids is 1. The summed E-state index contributed by atoms with van der Waals surface area (Å²) in [6.45, 7) is 0. The predicted molar refractivity (Wildman–Crippen MR) is 127 cm³/mol. The zero-order chi connectivity index (χ0) is 22.3. The largest absolute Gasteiger partial charge is 0.493 e. The van der Waals surface area contributed by atoms with Gasteiger partial charge in [-0.15, -0.1) is 11.3 Å². The first kappa shape index (κ1) is 21.3. The molecule has 2 aromatic heterocycles. The fourth-order valence-electron chi connectivity index (χ4n) is 3.13. The summed E-state index contributed by atoms with van der Waals surface area (Å²) in [5.74, 6) is 1.12. The summed E-state index contributed by atoms with van der Waals surface area (Å²) in [5, 5.41) is 9.00. The number of benzene rings is 2. The number of nitrogens with zero attached hydrogens (tertiary/aromatic N) is 2. The highest BCUT2D eigenvalue weighted by Crippen LogP contribution is 2.29. The Morgan fingerprint density at radius 1 is 0.938 bits per heavy atom. The Morgan fingerprint density at radius 2 is 1.66 bits per heavy atom. The van der Waals surface area contributed by atoms with E-state index in [4.69, 9.17) is 9.47 Å². The number of anilines is 3. The van der Waals surface area contributed by atoms with Gasteiger partial charge < -0.3 is 20.1 Å². The maximum Gasteiger partial charge on any atom is 0.228 e. The molecule has 2 aromatic carbocycles. The van der Waals surface area contributed by atoms with Crippen molar-refractivity contribution in [1.82, 2.24) is 9.97 Å². The van der Waals surface area contributed by atoms with Crippen molar-refractivity contribution in [3.63, 3.8) is 0 Å². The lowest BCUT2D eigenvalue weighted by atomic mass is 10.1. The molecule has 0 saturated carbocycles. The van der Waals surface area contributed by atoms with Crippen LogP contribution in [0.15, 0.2) is 72.4 Å². The molecule has 4 rings (SSSR count). The summed E-state index contributed by atoms with van der Waals surface area (Å²) in [6, 6.07) is 16.8. The minimum absolute atomic E-state index is 0.111. The first-order valence-corrected chi connectivity index (χ1v) is 10.8. The number of aromatic nitrogens is 2. The molecule has 0 unspecified atom stereocenters. The van der Waals surface area contributed by atoms with Crippen molar-refractivity contribution in [2.24, 2.45) is 0 Å². The van der Waals surface area contributed by atoms with E-state index in [1.807, 2.05) is 47.8 Å². The van der Waals surface area contributed by atoms with Gasteiger partial charge >= 0.3 is 0 Å². The van der Waals surface area contributed by atoms with E-state index in [1.54, 1.807) is 38.7 Å². The molecule has 2 heterocycles. The Bertz CT molecular complexity index is 1190. The summed E-state index contributed by atoms with van der Waals surface area (Å²) in [5.41, 5.74) is 4.37. The molecule has 2 N–H and O–H groups in total. The van der Waals surface area contributed by atoms with Gasteiger partial charge in [0.1, 0.15) is 0 Å². The highest BCUT2D eigenvalue weighted by Gasteiger charge is 2.09. The lowest BCUT2D eigenvalue weighted by molar-refractivity contribution is -0.115. The van der Waals surface area contributed by atoms with Crippen LogP contribution in [-0.2, 0) is 11.2 Å². The van der Waals surface area contributed by atoms with E-state index in [0.29, 0.717) is 11.5 Å². The van der Waals surface area contributed by atoms with Gasteiger partial charge in [-0.3, -0.25) is 9.78 Å². The summed E-state index contributed by atoms with van der Waals surface area (Å²) in [4.78, 5) is 21.1. The number of thiazole rings is 1. The number of hydrogen-bond acceptors (Lipinski definition) is 7. The van der Waals surface area contributed by atoms with Crippen molar-refractivity contribution >= 4 is 33.8 Å². The van der Waals surface area contributed by atoms with Gasteiger partial charge in [-0.05, 0) is 54.1 Å². The number of pyridine rings is 1. The fourth-order valence-corrected chi connectivity index (χ4v) is 3.87. The Labute approximate surface area is 190 Å². The number of methoxy groups -OCH3 is 2. The van der Waals surface area contributed by atoms with E-state index in [9.17, 15) is 4.79 Å². The summed E-state index contributed by atoms with van der Waals surface area (Å²) in [6.07, 6.45) is 3.73. The van der Waals surface area contributed by atoms with Crippen LogP contribution in [-0.4, -0.2) is 30.1 Å². The molecule has 1 amide bonds. The first-order chi connectivity index (χ1) is 15.6. The van der Waals surface area contributed by atoms with Gasteiger partial charge in [0.15, 0.2) is 16.6 Å². The number of ether oxygens (including phenoxy) is 2. The molecular weight excluding hydrogens is 424 g/mol. The standard InChI is InChI=1S/C24H22N4O3S/c1-30-21-8-3-16(13-22(21)31-2)14-23(29)26-18-4-6-19(7-5-18)27-24-28-20(15-32-24)17-9-11-25-12-10-17/h3-13,15H,14H2,1-2H3,(H,26,29)(H,27,28). The van der Waals surface area contributed by atoms with Gasteiger partial charge in [0.05, 0.1) is 26.3 Å². The third-order valence-electron chi connectivity index (χ3n) is 4.71. The maximum absolute atomic E-state index is 12.4. The Kier molecular flexibility index (Phi) is 6.62. The van der Waals surface area contributed by atoms with Gasteiger partial charge in [0, 0.05) is 34.7 Å². The number of carbonyl (C=O) groups is 1. The van der Waals surface area contributed by atoms with Crippen LogP contribution in [0.5, 0.6) is 11.5 Å². The monoisotopic (exact) mass is 446 g/mol. The van der Waals surface area contributed by atoms with Crippen molar-refractivity contribution < 1.29 is 14.3 Å². The lowest BCUT2D eigenvalue weighted by Gasteiger charge is -2.10. The van der Waals surface area contributed by atoms with E-state index < -0.39 is 0 Å². The molecule has 32 heavy (non-hydrogen) atoms. The number of nitrogens with one attached hydrogen (secondary N) is 2. The Morgan fingerprint density at radius 3 is 2.38 bits per heavy atom. The molecule has 0 aliphatic carbocycles. The number of rotatable bonds is 8. The highest BCUT2D eigenvalue weighted by molar-refractivity contribution is 7.14. The quantitative estimate of drug-likeness (QED) is 0.389. The van der Waals surface area contributed by atoms with Crippen molar-refractivity contribution in [2.45, 2.75) is 6.42 Å². The van der Waals surface area contributed by atoms with Crippen LogP contribution < -0.4 is 20.1 Å². The number of amides is 1. The Balaban J connectivity index is 1.35. The summed E-state index contributed by atoms with van der Waals surface area (Å²) < 4.78 is 10.5. The average molecular weight is 447 g/mol. The highest BCUT2D eigenvalue weighted by atomic mass is 32.1. The van der Waals surface area contributed by atoms with Crippen LogP contribution >= 0.6 is 11.3 Å². The van der Waals surface area contributed by atoms with Gasteiger partial charge in [-0.1, -0.05) is 6.07 Å². The van der Waals surface area contributed by atoms with Crippen LogP contribution in [0.25, 0.3) is 11.3 Å². The smallest absolute Gasteiger partial charge is 0.228 e. The first-order valence-electron chi connectivity index (χ1n) is 9.88. The fraction of sp³-hybridized carbons (Fsp3) is 0.125. The molecule has 0 aliphatic heterocycles. The van der Waals surface area contributed by atoms with Crippen molar-refractivity contribution in [1.29, 1.82) is 0 Å². The SMILES string of the molecule is COc1ccc(CC(=O)Nc2ccc(Nc3nc(-c4ccncc4)cs3)cc2)cc1OC. The zero-order valence-corrected chi connectivity index (χ0v) is 18.5. The number of hydrogen-bond donors (Lipinski definition) is 2. The van der Waals surface area contributed by atoms with Gasteiger partial charge in [0.2, 0.25) is 5.91 Å². The minimum atomic E-state index is -0.111. The van der Waals surface area contributed by atoms with Crippen molar-refractivity contribution in [3.8, 4) is 22.8 Å². The van der Waals surface area contributed by atoms with Gasteiger partial charge in [-0.25, -0.2) is 4.98 Å². The molecule has 8 heteroatoms. The molecule has 0 fully saturated rings. The van der Waals surface area contributed by atoms with Crippen LogP contribution in [0.3, 0.4) is 0 Å². The van der Waals surface area contributed by atoms with Gasteiger partial charge in [0.25, 0.3) is 0 Å². The molecule has 0 bridgehead atoms. The van der Waals surface area contributed by atoms with E-state index in [-0.39, 0.29) is 12.3 Å². The lowest BCUT2D eigenvalue weighted by Crippen LogP contribution is -2.14. The summed E-state index contributed by atoms with van der Waals surface area (Å²) in [7, 11) is 3.15.